The second kappa shape index (κ2) is 12.0. The number of amides is 1. The predicted octanol–water partition coefficient (Wildman–Crippen LogP) is 4.10. The molecule has 1 aromatic heterocycles. The second-order valence-electron chi connectivity index (χ2n) is 6.55. The number of carbonyl (C=O) groups excluding carboxylic acids is 2. The molecular formula is C22H25N3O4S. The van der Waals surface area contributed by atoms with Crippen LogP contribution in [-0.4, -0.2) is 36.3 Å². The van der Waals surface area contributed by atoms with Crippen LogP contribution < -0.4 is 5.32 Å². The molecule has 0 saturated heterocycles. The highest BCUT2D eigenvalue weighted by molar-refractivity contribution is 8.00. The van der Waals surface area contributed by atoms with Gasteiger partial charge in [-0.1, -0.05) is 25.1 Å². The molecule has 0 bridgehead atoms. The number of unbranched alkanes of at least 4 members (excludes halogenated alkanes) is 1. The fraction of sp³-hybridized carbons (Fsp3) is 0.364. The maximum absolute atomic E-state index is 12.3. The van der Waals surface area contributed by atoms with Crippen molar-refractivity contribution in [2.24, 2.45) is 0 Å². The van der Waals surface area contributed by atoms with Crippen molar-refractivity contribution in [1.29, 1.82) is 5.26 Å². The van der Waals surface area contributed by atoms with Gasteiger partial charge in [-0.3, -0.25) is 4.79 Å². The topological polar surface area (TPSA) is 101 Å². The third-order valence-corrected chi connectivity index (χ3v) is 5.06. The summed E-state index contributed by atoms with van der Waals surface area (Å²) in [6, 6.07) is 10.5. The molecule has 0 aliphatic heterocycles. The van der Waals surface area contributed by atoms with Crippen molar-refractivity contribution in [2.75, 3.05) is 24.8 Å². The van der Waals surface area contributed by atoms with Crippen LogP contribution in [0.2, 0.25) is 0 Å². The summed E-state index contributed by atoms with van der Waals surface area (Å²) in [6.07, 6.45) is 1.78. The number of nitrogens with zero attached hydrogens (tertiary/aromatic N) is 2. The molecule has 0 unspecified atom stereocenters. The molecule has 7 nitrogen and oxygen atoms in total. The van der Waals surface area contributed by atoms with Crippen LogP contribution in [0.4, 0.5) is 5.69 Å². The lowest BCUT2D eigenvalue weighted by atomic mass is 10.1. The molecule has 8 heteroatoms. The summed E-state index contributed by atoms with van der Waals surface area (Å²) in [5, 5.41) is 12.7. The minimum Gasteiger partial charge on any atom is -0.462 e. The first-order valence-corrected chi connectivity index (χ1v) is 10.6. The SMILES string of the molecule is CCCCOC(=O)c1ccc(NC(=O)CSc2nc(C)cc(COC)c2C#N)cc1. The van der Waals surface area contributed by atoms with Crippen LogP contribution in [0.1, 0.15) is 46.9 Å². The van der Waals surface area contributed by atoms with Crippen molar-refractivity contribution in [2.45, 2.75) is 38.3 Å². The number of hydrogen-bond donors (Lipinski definition) is 1. The van der Waals surface area contributed by atoms with Gasteiger partial charge in [0.15, 0.2) is 0 Å². The largest absolute Gasteiger partial charge is 0.462 e. The summed E-state index contributed by atoms with van der Waals surface area (Å²) in [7, 11) is 1.56. The number of nitriles is 1. The van der Waals surface area contributed by atoms with E-state index in [-0.39, 0.29) is 17.6 Å². The molecule has 1 aromatic carbocycles. The lowest BCUT2D eigenvalue weighted by molar-refractivity contribution is -0.113. The average molecular weight is 428 g/mol. The minimum absolute atomic E-state index is 0.0956. The van der Waals surface area contributed by atoms with Gasteiger partial charge in [0.05, 0.1) is 30.1 Å². The van der Waals surface area contributed by atoms with E-state index in [4.69, 9.17) is 9.47 Å². The molecule has 0 saturated carbocycles. The quantitative estimate of drug-likeness (QED) is 0.346. The Hall–Kier alpha value is -2.89. The Labute approximate surface area is 180 Å². The van der Waals surface area contributed by atoms with E-state index in [0.29, 0.717) is 35.1 Å². The number of ether oxygens (including phenoxy) is 2. The first kappa shape index (κ1) is 23.4. The van der Waals surface area contributed by atoms with Crippen molar-refractivity contribution < 1.29 is 19.1 Å². The summed E-state index contributed by atoms with van der Waals surface area (Å²) in [5.41, 5.74) is 2.93. The van der Waals surface area contributed by atoms with Crippen molar-refractivity contribution in [1.82, 2.24) is 4.98 Å². The molecule has 2 aromatic rings. The van der Waals surface area contributed by atoms with Crippen LogP contribution in [-0.2, 0) is 20.9 Å². The molecule has 0 spiro atoms. The molecule has 0 aliphatic rings. The number of methoxy groups -OCH3 is 1. The van der Waals surface area contributed by atoms with Crippen molar-refractivity contribution in [3.8, 4) is 6.07 Å². The van der Waals surface area contributed by atoms with E-state index in [0.717, 1.165) is 24.1 Å². The lowest BCUT2D eigenvalue weighted by Crippen LogP contribution is -2.15. The minimum atomic E-state index is -0.377. The van der Waals surface area contributed by atoms with Crippen LogP contribution in [0.5, 0.6) is 0 Å². The molecule has 1 amide bonds. The number of rotatable bonds is 10. The van der Waals surface area contributed by atoms with E-state index < -0.39 is 0 Å². The average Bonchev–Trinajstić information content (AvgIpc) is 2.73. The number of aryl methyl sites for hydroxylation is 1. The van der Waals surface area contributed by atoms with Gasteiger partial charge in [0.1, 0.15) is 11.1 Å². The predicted molar refractivity (Wildman–Crippen MR) is 115 cm³/mol. The van der Waals surface area contributed by atoms with E-state index in [1.165, 1.54) is 11.8 Å². The standard InChI is InChI=1S/C22H25N3O4S/c1-4-5-10-29-22(27)16-6-8-18(9-7-16)25-20(26)14-30-21-19(12-23)17(13-28-3)11-15(2)24-21/h6-9,11H,4-5,10,13-14H2,1-3H3,(H,25,26). The number of aromatic nitrogens is 1. The zero-order valence-electron chi connectivity index (χ0n) is 17.4. The van der Waals surface area contributed by atoms with Crippen molar-refractivity contribution in [3.63, 3.8) is 0 Å². The molecule has 0 aliphatic carbocycles. The number of benzene rings is 1. The Balaban J connectivity index is 1.95. The Kier molecular flexibility index (Phi) is 9.32. The highest BCUT2D eigenvalue weighted by atomic mass is 32.2. The Morgan fingerprint density at radius 2 is 2.00 bits per heavy atom. The Morgan fingerprint density at radius 1 is 1.27 bits per heavy atom. The maximum Gasteiger partial charge on any atom is 0.338 e. The summed E-state index contributed by atoms with van der Waals surface area (Å²) in [4.78, 5) is 28.6. The molecule has 0 radical (unpaired) electrons. The summed E-state index contributed by atoms with van der Waals surface area (Å²) >= 11 is 1.20. The van der Waals surface area contributed by atoms with Gasteiger partial charge in [0.2, 0.25) is 5.91 Å². The van der Waals surface area contributed by atoms with Gasteiger partial charge in [0.25, 0.3) is 0 Å². The Bertz CT molecular complexity index is 923. The van der Waals surface area contributed by atoms with Crippen LogP contribution in [0, 0.1) is 18.3 Å². The molecule has 0 atom stereocenters. The number of anilines is 1. The molecule has 2 rings (SSSR count). The van der Waals surface area contributed by atoms with Gasteiger partial charge in [-0.2, -0.15) is 5.26 Å². The number of pyridine rings is 1. The molecule has 1 heterocycles. The third-order valence-electron chi connectivity index (χ3n) is 4.08. The van der Waals surface area contributed by atoms with Crippen LogP contribution in [0.3, 0.4) is 0 Å². The number of carbonyl (C=O) groups is 2. The van der Waals surface area contributed by atoms with Crippen LogP contribution >= 0.6 is 11.8 Å². The first-order valence-electron chi connectivity index (χ1n) is 9.57. The second-order valence-corrected chi connectivity index (χ2v) is 7.52. The monoisotopic (exact) mass is 427 g/mol. The molecule has 158 valence electrons. The van der Waals surface area contributed by atoms with Crippen molar-refractivity contribution in [3.05, 3.63) is 52.7 Å². The zero-order valence-corrected chi connectivity index (χ0v) is 18.2. The van der Waals surface area contributed by atoms with E-state index in [9.17, 15) is 14.9 Å². The van der Waals surface area contributed by atoms with E-state index in [2.05, 4.69) is 16.4 Å². The smallest absolute Gasteiger partial charge is 0.338 e. The fourth-order valence-corrected chi connectivity index (χ4v) is 3.49. The summed E-state index contributed by atoms with van der Waals surface area (Å²) in [6.45, 7) is 4.56. The molecule has 0 fully saturated rings. The number of esters is 1. The summed E-state index contributed by atoms with van der Waals surface area (Å²) in [5.74, 6) is -0.518. The maximum atomic E-state index is 12.3. The molecular weight excluding hydrogens is 402 g/mol. The first-order chi connectivity index (χ1) is 14.5. The van der Waals surface area contributed by atoms with Crippen LogP contribution in [0.25, 0.3) is 0 Å². The third kappa shape index (κ3) is 6.87. The normalized spacial score (nSPS) is 10.3. The fourth-order valence-electron chi connectivity index (χ4n) is 2.62. The number of hydrogen-bond acceptors (Lipinski definition) is 7. The lowest BCUT2D eigenvalue weighted by Gasteiger charge is -2.10. The van der Waals surface area contributed by atoms with E-state index >= 15 is 0 Å². The van der Waals surface area contributed by atoms with Gasteiger partial charge >= 0.3 is 5.97 Å². The van der Waals surface area contributed by atoms with Gasteiger partial charge in [-0.15, -0.1) is 0 Å². The highest BCUT2D eigenvalue weighted by Crippen LogP contribution is 2.25. The Morgan fingerprint density at radius 3 is 2.63 bits per heavy atom. The van der Waals surface area contributed by atoms with E-state index in [1.807, 2.05) is 13.8 Å². The van der Waals surface area contributed by atoms with Gasteiger partial charge in [0, 0.05) is 18.5 Å². The van der Waals surface area contributed by atoms with Gasteiger partial charge in [-0.25, -0.2) is 9.78 Å². The van der Waals surface area contributed by atoms with E-state index in [1.54, 1.807) is 37.4 Å². The summed E-state index contributed by atoms with van der Waals surface area (Å²) < 4.78 is 10.3. The zero-order chi connectivity index (χ0) is 21.9. The van der Waals surface area contributed by atoms with Gasteiger partial charge < -0.3 is 14.8 Å². The number of thioether (sulfide) groups is 1. The number of nitrogens with one attached hydrogen (secondary N) is 1. The van der Waals surface area contributed by atoms with Gasteiger partial charge in [-0.05, 0) is 49.2 Å². The molecule has 1 N–H and O–H groups in total. The molecule has 30 heavy (non-hydrogen) atoms. The van der Waals surface area contributed by atoms with Crippen molar-refractivity contribution >= 4 is 29.3 Å². The van der Waals surface area contributed by atoms with Crippen LogP contribution in [0.15, 0.2) is 35.4 Å². The highest BCUT2D eigenvalue weighted by Gasteiger charge is 2.14.